The van der Waals surface area contributed by atoms with E-state index in [9.17, 15) is 0 Å². The SMILES string of the molecule is C1CC1c1nsc(N2CCC3CNCC3C2)n1. The van der Waals surface area contributed by atoms with Crippen LogP contribution < -0.4 is 10.2 Å². The van der Waals surface area contributed by atoms with Gasteiger partial charge in [0.05, 0.1) is 0 Å². The van der Waals surface area contributed by atoms with E-state index in [0.717, 1.165) is 22.8 Å². The minimum absolute atomic E-state index is 0.686. The molecule has 1 aliphatic carbocycles. The van der Waals surface area contributed by atoms with Gasteiger partial charge in [-0.05, 0) is 44.2 Å². The molecule has 2 saturated heterocycles. The Labute approximate surface area is 106 Å². The van der Waals surface area contributed by atoms with Gasteiger partial charge in [0.2, 0.25) is 5.13 Å². The third-order valence-corrected chi connectivity index (χ3v) is 5.14. The third-order valence-electron chi connectivity index (χ3n) is 4.35. The second-order valence-electron chi connectivity index (χ2n) is 5.62. The molecule has 1 aromatic rings. The average molecular weight is 250 g/mol. The van der Waals surface area contributed by atoms with E-state index in [-0.39, 0.29) is 0 Å². The van der Waals surface area contributed by atoms with Crippen molar-refractivity contribution in [3.8, 4) is 0 Å². The van der Waals surface area contributed by atoms with Gasteiger partial charge in [0.15, 0.2) is 0 Å². The molecule has 3 fully saturated rings. The quantitative estimate of drug-likeness (QED) is 0.863. The molecule has 4 nitrogen and oxygen atoms in total. The molecule has 5 heteroatoms. The van der Waals surface area contributed by atoms with Crippen LogP contribution in [-0.2, 0) is 0 Å². The van der Waals surface area contributed by atoms with Crippen LogP contribution in [0.1, 0.15) is 31.0 Å². The lowest BCUT2D eigenvalue weighted by Gasteiger charge is -2.33. The number of piperidine rings is 1. The molecule has 1 aromatic heterocycles. The van der Waals surface area contributed by atoms with Crippen molar-refractivity contribution in [2.75, 3.05) is 31.1 Å². The molecular weight excluding hydrogens is 232 g/mol. The lowest BCUT2D eigenvalue weighted by atomic mass is 9.89. The van der Waals surface area contributed by atoms with Gasteiger partial charge in [-0.2, -0.15) is 4.37 Å². The van der Waals surface area contributed by atoms with Crippen LogP contribution in [0.25, 0.3) is 0 Å². The van der Waals surface area contributed by atoms with E-state index in [1.807, 2.05) is 0 Å². The molecule has 3 aliphatic rings. The number of nitrogens with zero attached hydrogens (tertiary/aromatic N) is 3. The van der Waals surface area contributed by atoms with Gasteiger partial charge in [0.1, 0.15) is 5.82 Å². The summed E-state index contributed by atoms with van der Waals surface area (Å²) in [5, 5.41) is 4.67. The molecular formula is C12H18N4S. The Morgan fingerprint density at radius 2 is 2.06 bits per heavy atom. The van der Waals surface area contributed by atoms with Crippen LogP contribution in [-0.4, -0.2) is 35.5 Å². The third kappa shape index (κ3) is 1.85. The van der Waals surface area contributed by atoms with Crippen LogP contribution in [0.2, 0.25) is 0 Å². The molecule has 1 N–H and O–H groups in total. The van der Waals surface area contributed by atoms with E-state index in [1.54, 1.807) is 11.5 Å². The van der Waals surface area contributed by atoms with Gasteiger partial charge in [-0.1, -0.05) is 0 Å². The van der Waals surface area contributed by atoms with Gasteiger partial charge in [-0.25, -0.2) is 4.98 Å². The van der Waals surface area contributed by atoms with Crippen LogP contribution in [0.3, 0.4) is 0 Å². The fraction of sp³-hybridized carbons (Fsp3) is 0.833. The van der Waals surface area contributed by atoms with Crippen molar-refractivity contribution in [1.82, 2.24) is 14.7 Å². The molecule has 2 unspecified atom stereocenters. The number of hydrogen-bond acceptors (Lipinski definition) is 5. The van der Waals surface area contributed by atoms with Gasteiger partial charge in [-0.3, -0.25) is 0 Å². The standard InChI is InChI=1S/C12H18N4S/c1-2-8(1)11-14-12(17-15-11)16-4-3-9-5-13-6-10(9)7-16/h8-10,13H,1-7H2. The normalized spacial score (nSPS) is 32.8. The highest BCUT2D eigenvalue weighted by molar-refractivity contribution is 7.09. The summed E-state index contributed by atoms with van der Waals surface area (Å²) in [6.45, 7) is 4.76. The summed E-state index contributed by atoms with van der Waals surface area (Å²) in [5.74, 6) is 3.53. The highest BCUT2D eigenvalue weighted by Crippen LogP contribution is 2.40. The monoisotopic (exact) mass is 250 g/mol. The number of nitrogens with one attached hydrogen (secondary N) is 1. The molecule has 0 bridgehead atoms. The average Bonchev–Trinajstić information content (AvgIpc) is 2.93. The van der Waals surface area contributed by atoms with E-state index >= 15 is 0 Å². The summed E-state index contributed by atoms with van der Waals surface area (Å²) < 4.78 is 4.51. The minimum atomic E-state index is 0.686. The van der Waals surface area contributed by atoms with Crippen molar-refractivity contribution in [2.45, 2.75) is 25.2 Å². The van der Waals surface area contributed by atoms with E-state index in [1.165, 1.54) is 45.4 Å². The van der Waals surface area contributed by atoms with Crippen molar-refractivity contribution < 1.29 is 0 Å². The topological polar surface area (TPSA) is 41.1 Å². The van der Waals surface area contributed by atoms with Crippen LogP contribution in [0.5, 0.6) is 0 Å². The first-order valence-electron chi connectivity index (χ1n) is 6.69. The molecule has 0 spiro atoms. The second kappa shape index (κ2) is 3.92. The van der Waals surface area contributed by atoms with Crippen molar-refractivity contribution >= 4 is 16.7 Å². The highest BCUT2D eigenvalue weighted by Gasteiger charge is 2.34. The summed E-state index contributed by atoms with van der Waals surface area (Å²) in [7, 11) is 0. The number of anilines is 1. The first-order valence-corrected chi connectivity index (χ1v) is 7.47. The maximum Gasteiger partial charge on any atom is 0.205 e. The number of hydrogen-bond donors (Lipinski definition) is 1. The van der Waals surface area contributed by atoms with Crippen LogP contribution in [0, 0.1) is 11.8 Å². The second-order valence-corrected chi connectivity index (χ2v) is 6.35. The predicted octanol–water partition coefficient (Wildman–Crippen LogP) is 1.46. The van der Waals surface area contributed by atoms with Gasteiger partial charge in [0, 0.05) is 30.5 Å². The Morgan fingerprint density at radius 3 is 2.94 bits per heavy atom. The highest BCUT2D eigenvalue weighted by atomic mass is 32.1. The van der Waals surface area contributed by atoms with E-state index < -0.39 is 0 Å². The van der Waals surface area contributed by atoms with Crippen LogP contribution >= 0.6 is 11.5 Å². The molecule has 3 heterocycles. The van der Waals surface area contributed by atoms with Gasteiger partial charge >= 0.3 is 0 Å². The van der Waals surface area contributed by atoms with E-state index in [0.29, 0.717) is 5.92 Å². The lowest BCUT2D eigenvalue weighted by molar-refractivity contribution is 0.348. The smallest absolute Gasteiger partial charge is 0.205 e. The molecule has 0 amide bonds. The molecule has 2 atom stereocenters. The van der Waals surface area contributed by atoms with E-state index in [4.69, 9.17) is 4.98 Å². The molecule has 4 rings (SSSR count). The number of rotatable bonds is 2. The molecule has 2 aliphatic heterocycles. The summed E-state index contributed by atoms with van der Waals surface area (Å²) in [6, 6.07) is 0. The van der Waals surface area contributed by atoms with Crippen molar-refractivity contribution in [2.24, 2.45) is 11.8 Å². The maximum atomic E-state index is 4.72. The Morgan fingerprint density at radius 1 is 1.18 bits per heavy atom. The first-order chi connectivity index (χ1) is 8.40. The zero-order valence-corrected chi connectivity index (χ0v) is 10.7. The molecule has 0 radical (unpaired) electrons. The number of aromatic nitrogens is 2. The first kappa shape index (κ1) is 10.3. The summed E-state index contributed by atoms with van der Waals surface area (Å²) in [4.78, 5) is 7.18. The van der Waals surface area contributed by atoms with Crippen LogP contribution in [0.4, 0.5) is 5.13 Å². The van der Waals surface area contributed by atoms with Crippen LogP contribution in [0.15, 0.2) is 0 Å². The fourth-order valence-corrected chi connectivity index (χ4v) is 3.85. The van der Waals surface area contributed by atoms with Gasteiger partial charge in [-0.15, -0.1) is 0 Å². The Bertz CT molecular complexity index is 414. The summed E-state index contributed by atoms with van der Waals surface area (Å²) >= 11 is 1.60. The van der Waals surface area contributed by atoms with Crippen molar-refractivity contribution in [3.63, 3.8) is 0 Å². The molecule has 1 saturated carbocycles. The molecule has 0 aromatic carbocycles. The van der Waals surface area contributed by atoms with Gasteiger partial charge < -0.3 is 10.2 Å². The lowest BCUT2D eigenvalue weighted by Crippen LogP contribution is -2.40. The Hall–Kier alpha value is -0.680. The number of fused-ring (bicyclic) bond motifs is 1. The largest absolute Gasteiger partial charge is 0.347 e. The zero-order chi connectivity index (χ0) is 11.2. The minimum Gasteiger partial charge on any atom is -0.347 e. The van der Waals surface area contributed by atoms with Crippen molar-refractivity contribution in [3.05, 3.63) is 5.82 Å². The summed E-state index contributed by atoms with van der Waals surface area (Å²) in [5.41, 5.74) is 0. The molecule has 92 valence electrons. The van der Waals surface area contributed by atoms with E-state index in [2.05, 4.69) is 14.6 Å². The Kier molecular flexibility index (Phi) is 2.36. The summed E-state index contributed by atoms with van der Waals surface area (Å²) in [6.07, 6.45) is 3.91. The molecule has 17 heavy (non-hydrogen) atoms. The fourth-order valence-electron chi connectivity index (χ4n) is 3.07. The maximum absolute atomic E-state index is 4.72. The van der Waals surface area contributed by atoms with Gasteiger partial charge in [0.25, 0.3) is 0 Å². The van der Waals surface area contributed by atoms with Crippen molar-refractivity contribution in [1.29, 1.82) is 0 Å². The Balaban J connectivity index is 1.49. The predicted molar refractivity (Wildman–Crippen MR) is 68.6 cm³/mol. The zero-order valence-electron chi connectivity index (χ0n) is 9.93.